The van der Waals surface area contributed by atoms with Gasteiger partial charge in [-0.3, -0.25) is 4.79 Å². The Morgan fingerprint density at radius 3 is 2.39 bits per heavy atom. The first-order valence-corrected chi connectivity index (χ1v) is 10.8. The van der Waals surface area contributed by atoms with E-state index in [2.05, 4.69) is 15.3 Å². The van der Waals surface area contributed by atoms with Gasteiger partial charge in [-0.15, -0.1) is 0 Å². The van der Waals surface area contributed by atoms with Gasteiger partial charge in [0.1, 0.15) is 5.82 Å². The summed E-state index contributed by atoms with van der Waals surface area (Å²) in [4.78, 5) is 21.5. The summed E-state index contributed by atoms with van der Waals surface area (Å²) in [5.41, 5.74) is 0.346. The Labute approximate surface area is 166 Å². The van der Waals surface area contributed by atoms with Gasteiger partial charge in [-0.1, -0.05) is 39.0 Å². The molecule has 1 N–H and O–H groups in total. The molecule has 0 bridgehead atoms. The summed E-state index contributed by atoms with van der Waals surface area (Å²) in [5.74, 6) is 0.0814. The van der Waals surface area contributed by atoms with E-state index in [0.29, 0.717) is 30.9 Å². The lowest BCUT2D eigenvalue weighted by Crippen LogP contribution is -2.43. The Morgan fingerprint density at radius 1 is 1.14 bits per heavy atom. The number of hydrogen-bond donors (Lipinski definition) is 1. The van der Waals surface area contributed by atoms with E-state index in [4.69, 9.17) is 0 Å². The molecule has 1 aromatic carbocycles. The number of aromatic nitrogens is 2. The van der Waals surface area contributed by atoms with Crippen molar-refractivity contribution >= 4 is 21.6 Å². The van der Waals surface area contributed by atoms with Crippen LogP contribution < -0.4 is 5.32 Å². The third-order valence-corrected chi connectivity index (χ3v) is 6.61. The van der Waals surface area contributed by atoms with Crippen LogP contribution in [0.5, 0.6) is 0 Å². The number of sulfonamides is 1. The first kappa shape index (κ1) is 20.4. The molecule has 0 radical (unpaired) electrons. The second kappa shape index (κ2) is 7.97. The number of anilines is 1. The number of hydrogen-bond acceptors (Lipinski definition) is 5. The smallest absolute Gasteiger partial charge is 0.243 e. The van der Waals surface area contributed by atoms with Gasteiger partial charge >= 0.3 is 0 Å². The number of amides is 1. The first-order valence-electron chi connectivity index (χ1n) is 9.36. The zero-order valence-electron chi connectivity index (χ0n) is 16.4. The van der Waals surface area contributed by atoms with Crippen molar-refractivity contribution in [3.8, 4) is 0 Å². The number of rotatable bonds is 4. The molecule has 2 heterocycles. The van der Waals surface area contributed by atoms with Crippen molar-refractivity contribution in [3.05, 3.63) is 48.5 Å². The Kier molecular flexibility index (Phi) is 5.81. The largest absolute Gasteiger partial charge is 0.323 e. The molecule has 1 aromatic heterocycles. The molecule has 150 valence electrons. The summed E-state index contributed by atoms with van der Waals surface area (Å²) < 4.78 is 27.0. The SMILES string of the molecule is CC(C)(C)c1ncc(NC(=O)C2CCCN(S(=O)(=O)c3ccccc3)C2)cn1. The number of carbonyl (C=O) groups excluding carboxylic acids is 1. The van der Waals surface area contributed by atoms with E-state index in [1.807, 2.05) is 20.8 Å². The minimum absolute atomic E-state index is 0.168. The second-order valence-electron chi connectivity index (χ2n) is 8.05. The summed E-state index contributed by atoms with van der Waals surface area (Å²) in [6.45, 7) is 6.65. The van der Waals surface area contributed by atoms with Crippen LogP contribution in [0.4, 0.5) is 5.69 Å². The Morgan fingerprint density at radius 2 is 1.79 bits per heavy atom. The lowest BCUT2D eigenvalue weighted by molar-refractivity contribution is -0.120. The van der Waals surface area contributed by atoms with Crippen molar-refractivity contribution in [2.24, 2.45) is 5.92 Å². The fourth-order valence-corrected chi connectivity index (χ4v) is 4.69. The second-order valence-corrected chi connectivity index (χ2v) is 9.99. The lowest BCUT2D eigenvalue weighted by Gasteiger charge is -2.31. The molecule has 1 amide bonds. The summed E-state index contributed by atoms with van der Waals surface area (Å²) in [7, 11) is -3.59. The summed E-state index contributed by atoms with van der Waals surface area (Å²) >= 11 is 0. The summed E-state index contributed by atoms with van der Waals surface area (Å²) in [6.07, 6.45) is 4.47. The van der Waals surface area contributed by atoms with Gasteiger partial charge in [0.15, 0.2) is 0 Å². The molecular formula is C20H26N4O3S. The molecule has 1 saturated heterocycles. The van der Waals surface area contributed by atoms with Crippen LogP contribution in [0.2, 0.25) is 0 Å². The molecule has 3 rings (SSSR count). The standard InChI is InChI=1S/C20H26N4O3S/c1-20(2,3)19-21-12-16(13-22-19)23-18(25)15-8-7-11-24(14-15)28(26,27)17-9-5-4-6-10-17/h4-6,9-10,12-13,15H,7-8,11,14H2,1-3H3,(H,23,25). The minimum Gasteiger partial charge on any atom is -0.323 e. The summed E-state index contributed by atoms with van der Waals surface area (Å²) in [6, 6.07) is 8.32. The van der Waals surface area contributed by atoms with Crippen molar-refractivity contribution in [2.75, 3.05) is 18.4 Å². The van der Waals surface area contributed by atoms with Crippen LogP contribution in [0, 0.1) is 5.92 Å². The number of piperidine rings is 1. The third kappa shape index (κ3) is 4.56. The monoisotopic (exact) mass is 402 g/mol. The number of benzene rings is 1. The van der Waals surface area contributed by atoms with Crippen LogP contribution in [0.15, 0.2) is 47.6 Å². The van der Waals surface area contributed by atoms with E-state index in [-0.39, 0.29) is 22.8 Å². The van der Waals surface area contributed by atoms with E-state index in [0.717, 1.165) is 0 Å². The summed E-state index contributed by atoms with van der Waals surface area (Å²) in [5, 5.41) is 2.82. The van der Waals surface area contributed by atoms with Crippen LogP contribution in [0.25, 0.3) is 0 Å². The molecule has 0 saturated carbocycles. The highest BCUT2D eigenvalue weighted by Crippen LogP contribution is 2.25. The highest BCUT2D eigenvalue weighted by Gasteiger charge is 2.33. The van der Waals surface area contributed by atoms with Crippen molar-refractivity contribution in [3.63, 3.8) is 0 Å². The van der Waals surface area contributed by atoms with Crippen molar-refractivity contribution in [1.29, 1.82) is 0 Å². The zero-order valence-corrected chi connectivity index (χ0v) is 17.2. The third-order valence-electron chi connectivity index (χ3n) is 4.73. The topological polar surface area (TPSA) is 92.3 Å². The quantitative estimate of drug-likeness (QED) is 0.849. The number of nitrogens with one attached hydrogen (secondary N) is 1. The highest BCUT2D eigenvalue weighted by atomic mass is 32.2. The fraction of sp³-hybridized carbons (Fsp3) is 0.450. The lowest BCUT2D eigenvalue weighted by atomic mass is 9.96. The predicted octanol–water partition coefficient (Wildman–Crippen LogP) is 2.81. The van der Waals surface area contributed by atoms with Crippen molar-refractivity contribution in [1.82, 2.24) is 14.3 Å². The van der Waals surface area contributed by atoms with E-state index in [1.165, 1.54) is 4.31 Å². The van der Waals surface area contributed by atoms with Crippen molar-refractivity contribution in [2.45, 2.75) is 43.9 Å². The highest BCUT2D eigenvalue weighted by molar-refractivity contribution is 7.89. The van der Waals surface area contributed by atoms with Gasteiger partial charge in [-0.25, -0.2) is 18.4 Å². The van der Waals surface area contributed by atoms with E-state index >= 15 is 0 Å². The Bertz CT molecular complexity index is 922. The average Bonchev–Trinajstić information content (AvgIpc) is 2.68. The maximum absolute atomic E-state index is 12.8. The van der Waals surface area contributed by atoms with Gasteiger partial charge in [0.25, 0.3) is 0 Å². The average molecular weight is 403 g/mol. The van der Waals surface area contributed by atoms with Crippen LogP contribution in [-0.4, -0.2) is 41.7 Å². The zero-order chi connectivity index (χ0) is 20.4. The Hall–Kier alpha value is -2.32. The van der Waals surface area contributed by atoms with Crippen LogP contribution >= 0.6 is 0 Å². The molecular weight excluding hydrogens is 376 g/mol. The van der Waals surface area contributed by atoms with Gasteiger partial charge in [0.05, 0.1) is 28.9 Å². The predicted molar refractivity (Wildman–Crippen MR) is 107 cm³/mol. The van der Waals surface area contributed by atoms with E-state index < -0.39 is 15.9 Å². The molecule has 1 aliphatic heterocycles. The van der Waals surface area contributed by atoms with E-state index in [9.17, 15) is 13.2 Å². The molecule has 7 nitrogen and oxygen atoms in total. The molecule has 1 unspecified atom stereocenters. The molecule has 2 aromatic rings. The molecule has 28 heavy (non-hydrogen) atoms. The number of nitrogens with zero attached hydrogens (tertiary/aromatic N) is 3. The van der Waals surface area contributed by atoms with Crippen LogP contribution in [0.3, 0.4) is 0 Å². The normalized spacial score (nSPS) is 18.6. The minimum atomic E-state index is -3.59. The van der Waals surface area contributed by atoms with Gasteiger partial charge in [0, 0.05) is 18.5 Å². The molecule has 0 aliphatic carbocycles. The number of carbonyl (C=O) groups is 1. The Balaban J connectivity index is 1.68. The molecule has 1 fully saturated rings. The molecule has 1 atom stereocenters. The first-order chi connectivity index (χ1) is 13.2. The van der Waals surface area contributed by atoms with Crippen LogP contribution in [-0.2, 0) is 20.2 Å². The molecule has 0 spiro atoms. The molecule has 1 aliphatic rings. The van der Waals surface area contributed by atoms with Gasteiger partial charge in [-0.2, -0.15) is 4.31 Å². The van der Waals surface area contributed by atoms with Gasteiger partial charge in [0.2, 0.25) is 15.9 Å². The fourth-order valence-electron chi connectivity index (χ4n) is 3.14. The van der Waals surface area contributed by atoms with Gasteiger partial charge in [-0.05, 0) is 25.0 Å². The van der Waals surface area contributed by atoms with Crippen LogP contribution in [0.1, 0.15) is 39.4 Å². The maximum atomic E-state index is 12.8. The van der Waals surface area contributed by atoms with Crippen molar-refractivity contribution < 1.29 is 13.2 Å². The molecule has 8 heteroatoms. The van der Waals surface area contributed by atoms with Gasteiger partial charge < -0.3 is 5.32 Å². The van der Waals surface area contributed by atoms with E-state index in [1.54, 1.807) is 42.7 Å². The maximum Gasteiger partial charge on any atom is 0.243 e.